The third kappa shape index (κ3) is 3.81. The van der Waals surface area contributed by atoms with Gasteiger partial charge in [-0.15, -0.1) is 0 Å². The Bertz CT molecular complexity index is 728. The fourth-order valence-electron chi connectivity index (χ4n) is 3.12. The Hall–Kier alpha value is -2.44. The Labute approximate surface area is 148 Å². The number of nitrogens with one attached hydrogen (secondary N) is 2. The fraction of sp³-hybridized carbons (Fsp3) is 0.556. The highest BCUT2D eigenvalue weighted by Gasteiger charge is 2.26. The molecule has 1 aliphatic carbocycles. The standard InChI is InChI=1S/C18H25N7/c1-12(2)21-17-23-15-7-11-25(18-19-8-3-9-20-18)10-6-14(15)16(24-17)22-13-4-5-13/h3,8-9,12-13H,4-7,10-11H2,1-2H3,(H2,21,22,23,24). The first-order valence-corrected chi connectivity index (χ1v) is 9.14. The lowest BCUT2D eigenvalue weighted by Crippen LogP contribution is -2.27. The number of hydrogen-bond donors (Lipinski definition) is 2. The number of hydrogen-bond acceptors (Lipinski definition) is 7. The summed E-state index contributed by atoms with van der Waals surface area (Å²) >= 11 is 0. The van der Waals surface area contributed by atoms with Crippen molar-refractivity contribution in [3.8, 4) is 0 Å². The molecule has 4 rings (SSSR count). The Morgan fingerprint density at radius 1 is 1.08 bits per heavy atom. The third-order valence-electron chi connectivity index (χ3n) is 4.51. The van der Waals surface area contributed by atoms with Crippen LogP contribution in [-0.4, -0.2) is 45.1 Å². The topological polar surface area (TPSA) is 78.9 Å². The quantitative estimate of drug-likeness (QED) is 0.865. The zero-order valence-corrected chi connectivity index (χ0v) is 14.9. The van der Waals surface area contributed by atoms with Crippen LogP contribution in [0, 0.1) is 0 Å². The molecule has 2 aromatic rings. The average molecular weight is 339 g/mol. The van der Waals surface area contributed by atoms with E-state index in [1.165, 1.54) is 18.4 Å². The molecule has 0 saturated heterocycles. The highest BCUT2D eigenvalue weighted by Crippen LogP contribution is 2.29. The minimum Gasteiger partial charge on any atom is -0.367 e. The molecule has 1 aliphatic heterocycles. The highest BCUT2D eigenvalue weighted by atomic mass is 15.2. The van der Waals surface area contributed by atoms with Gasteiger partial charge in [0.25, 0.3) is 0 Å². The molecule has 0 aromatic carbocycles. The zero-order chi connectivity index (χ0) is 17.2. The van der Waals surface area contributed by atoms with E-state index in [0.29, 0.717) is 12.1 Å². The average Bonchev–Trinajstić information content (AvgIpc) is 3.41. The van der Waals surface area contributed by atoms with E-state index in [0.717, 1.165) is 49.3 Å². The predicted octanol–water partition coefficient (Wildman–Crippen LogP) is 2.27. The van der Waals surface area contributed by atoms with Crippen molar-refractivity contribution < 1.29 is 0 Å². The molecule has 2 aromatic heterocycles. The number of nitrogens with zero attached hydrogens (tertiary/aromatic N) is 5. The first-order chi connectivity index (χ1) is 12.2. The lowest BCUT2D eigenvalue weighted by atomic mass is 10.1. The molecule has 7 nitrogen and oxygen atoms in total. The van der Waals surface area contributed by atoms with E-state index >= 15 is 0 Å². The van der Waals surface area contributed by atoms with Gasteiger partial charge in [0.2, 0.25) is 11.9 Å². The van der Waals surface area contributed by atoms with Gasteiger partial charge in [-0.2, -0.15) is 4.98 Å². The molecule has 25 heavy (non-hydrogen) atoms. The van der Waals surface area contributed by atoms with E-state index in [4.69, 9.17) is 9.97 Å². The van der Waals surface area contributed by atoms with Gasteiger partial charge in [-0.1, -0.05) is 0 Å². The second-order valence-corrected chi connectivity index (χ2v) is 7.07. The molecule has 1 saturated carbocycles. The van der Waals surface area contributed by atoms with Crippen molar-refractivity contribution in [3.63, 3.8) is 0 Å². The van der Waals surface area contributed by atoms with Gasteiger partial charge >= 0.3 is 0 Å². The maximum atomic E-state index is 4.80. The first kappa shape index (κ1) is 16.1. The SMILES string of the molecule is CC(C)Nc1nc2c(c(NC3CC3)n1)CCN(c1ncccn1)CC2. The molecule has 2 aliphatic rings. The van der Waals surface area contributed by atoms with Crippen LogP contribution in [0.5, 0.6) is 0 Å². The van der Waals surface area contributed by atoms with Gasteiger partial charge in [0.1, 0.15) is 5.82 Å². The lowest BCUT2D eigenvalue weighted by molar-refractivity contribution is 0.769. The van der Waals surface area contributed by atoms with Crippen LogP contribution < -0.4 is 15.5 Å². The van der Waals surface area contributed by atoms with Crippen molar-refractivity contribution in [2.75, 3.05) is 28.6 Å². The molecule has 0 bridgehead atoms. The molecule has 0 radical (unpaired) electrons. The summed E-state index contributed by atoms with van der Waals surface area (Å²) in [4.78, 5) is 20.6. The van der Waals surface area contributed by atoms with E-state index in [1.807, 2.05) is 6.07 Å². The van der Waals surface area contributed by atoms with Crippen molar-refractivity contribution >= 4 is 17.7 Å². The van der Waals surface area contributed by atoms with Crippen molar-refractivity contribution in [2.45, 2.75) is 51.6 Å². The summed E-state index contributed by atoms with van der Waals surface area (Å²) in [5.74, 6) is 2.52. The van der Waals surface area contributed by atoms with E-state index in [1.54, 1.807) is 12.4 Å². The third-order valence-corrected chi connectivity index (χ3v) is 4.51. The molecular weight excluding hydrogens is 314 g/mol. The Balaban J connectivity index is 1.61. The second-order valence-electron chi connectivity index (χ2n) is 7.07. The lowest BCUT2D eigenvalue weighted by Gasteiger charge is -2.19. The summed E-state index contributed by atoms with van der Waals surface area (Å²) in [7, 11) is 0. The molecule has 2 N–H and O–H groups in total. The van der Waals surface area contributed by atoms with Crippen molar-refractivity contribution in [1.29, 1.82) is 0 Å². The number of anilines is 3. The summed E-state index contributed by atoms with van der Waals surface area (Å²) in [6.45, 7) is 5.98. The van der Waals surface area contributed by atoms with Gasteiger partial charge < -0.3 is 15.5 Å². The van der Waals surface area contributed by atoms with Crippen LogP contribution in [0.1, 0.15) is 37.9 Å². The van der Waals surface area contributed by atoms with Crippen LogP contribution in [-0.2, 0) is 12.8 Å². The largest absolute Gasteiger partial charge is 0.367 e. The van der Waals surface area contributed by atoms with Crippen molar-refractivity contribution in [2.24, 2.45) is 0 Å². The van der Waals surface area contributed by atoms with E-state index in [-0.39, 0.29) is 0 Å². The molecule has 7 heteroatoms. The molecule has 132 valence electrons. The van der Waals surface area contributed by atoms with Crippen LogP contribution in [0.2, 0.25) is 0 Å². The van der Waals surface area contributed by atoms with Gasteiger partial charge in [0.05, 0.1) is 5.69 Å². The molecular formula is C18H25N7. The molecule has 1 fully saturated rings. The van der Waals surface area contributed by atoms with Gasteiger partial charge in [0, 0.05) is 49.6 Å². The Morgan fingerprint density at radius 3 is 2.56 bits per heavy atom. The van der Waals surface area contributed by atoms with Gasteiger partial charge in [0.15, 0.2) is 0 Å². The number of aromatic nitrogens is 4. The second kappa shape index (κ2) is 6.82. The maximum Gasteiger partial charge on any atom is 0.225 e. The van der Waals surface area contributed by atoms with Gasteiger partial charge in [-0.3, -0.25) is 0 Å². The molecule has 3 heterocycles. The Kier molecular flexibility index (Phi) is 4.38. The molecule has 0 spiro atoms. The summed E-state index contributed by atoms with van der Waals surface area (Å²) in [6, 6.07) is 2.73. The highest BCUT2D eigenvalue weighted by molar-refractivity contribution is 5.53. The van der Waals surface area contributed by atoms with Crippen LogP contribution >= 0.6 is 0 Å². The van der Waals surface area contributed by atoms with E-state index in [9.17, 15) is 0 Å². The number of rotatable bonds is 5. The summed E-state index contributed by atoms with van der Waals surface area (Å²) < 4.78 is 0. The van der Waals surface area contributed by atoms with Gasteiger partial charge in [-0.05, 0) is 39.2 Å². The minimum absolute atomic E-state index is 0.312. The first-order valence-electron chi connectivity index (χ1n) is 9.14. The Morgan fingerprint density at radius 2 is 1.84 bits per heavy atom. The molecule has 0 atom stereocenters. The van der Waals surface area contributed by atoms with Crippen molar-refractivity contribution in [3.05, 3.63) is 29.7 Å². The normalized spacial score (nSPS) is 17.2. The minimum atomic E-state index is 0.312. The molecule has 0 amide bonds. The predicted molar refractivity (Wildman–Crippen MR) is 99.1 cm³/mol. The smallest absolute Gasteiger partial charge is 0.225 e. The van der Waals surface area contributed by atoms with Crippen LogP contribution in [0.15, 0.2) is 18.5 Å². The van der Waals surface area contributed by atoms with Crippen LogP contribution in [0.4, 0.5) is 17.7 Å². The monoisotopic (exact) mass is 339 g/mol. The van der Waals surface area contributed by atoms with Crippen molar-refractivity contribution in [1.82, 2.24) is 19.9 Å². The fourth-order valence-corrected chi connectivity index (χ4v) is 3.12. The number of fused-ring (bicyclic) bond motifs is 1. The summed E-state index contributed by atoms with van der Waals surface area (Å²) in [5.41, 5.74) is 2.39. The van der Waals surface area contributed by atoms with Crippen LogP contribution in [0.25, 0.3) is 0 Å². The summed E-state index contributed by atoms with van der Waals surface area (Å²) in [6.07, 6.45) is 7.84. The summed E-state index contributed by atoms with van der Waals surface area (Å²) in [5, 5.41) is 6.95. The zero-order valence-electron chi connectivity index (χ0n) is 14.9. The van der Waals surface area contributed by atoms with Crippen LogP contribution in [0.3, 0.4) is 0 Å². The van der Waals surface area contributed by atoms with E-state index < -0.39 is 0 Å². The molecule has 0 unspecified atom stereocenters. The van der Waals surface area contributed by atoms with E-state index in [2.05, 4.69) is 39.3 Å². The maximum absolute atomic E-state index is 4.80. The van der Waals surface area contributed by atoms with Gasteiger partial charge in [-0.25, -0.2) is 15.0 Å².